The van der Waals surface area contributed by atoms with Gasteiger partial charge in [0.25, 0.3) is 0 Å². The first kappa shape index (κ1) is 18.1. The molecule has 0 aliphatic carbocycles. The summed E-state index contributed by atoms with van der Waals surface area (Å²) in [6.45, 7) is 4.67. The van der Waals surface area contributed by atoms with Crippen LogP contribution in [0.1, 0.15) is 0 Å². The molecule has 0 radical (unpaired) electrons. The van der Waals surface area contributed by atoms with E-state index < -0.39 is 0 Å². The zero-order valence-electron chi connectivity index (χ0n) is 15.1. The van der Waals surface area contributed by atoms with Gasteiger partial charge in [0, 0.05) is 36.5 Å². The van der Waals surface area contributed by atoms with Gasteiger partial charge in [-0.05, 0) is 0 Å². The molecule has 0 atom stereocenters. The lowest BCUT2D eigenvalue weighted by molar-refractivity contribution is 0.0410. The van der Waals surface area contributed by atoms with Gasteiger partial charge in [-0.15, -0.1) is 10.2 Å². The maximum absolute atomic E-state index is 5.40. The molecule has 6 heteroatoms. The van der Waals surface area contributed by atoms with E-state index in [9.17, 15) is 0 Å². The summed E-state index contributed by atoms with van der Waals surface area (Å²) in [6, 6.07) is 20.3. The summed E-state index contributed by atoms with van der Waals surface area (Å²) in [7, 11) is 0. The van der Waals surface area contributed by atoms with Crippen molar-refractivity contribution in [2.45, 2.75) is 5.16 Å². The Morgan fingerprint density at radius 3 is 2.11 bits per heavy atom. The minimum absolute atomic E-state index is 0.724. The van der Waals surface area contributed by atoms with Crippen molar-refractivity contribution < 1.29 is 4.74 Å². The summed E-state index contributed by atoms with van der Waals surface area (Å²) in [6.07, 6.45) is 0. The lowest BCUT2D eigenvalue weighted by Crippen LogP contribution is -2.37. The Morgan fingerprint density at radius 2 is 1.44 bits per heavy atom. The summed E-state index contributed by atoms with van der Waals surface area (Å²) in [4.78, 5) is 7.27. The third-order valence-electron chi connectivity index (χ3n) is 4.50. The predicted octanol–water partition coefficient (Wildman–Crippen LogP) is 3.63. The van der Waals surface area contributed by atoms with Gasteiger partial charge >= 0.3 is 0 Å². The van der Waals surface area contributed by atoms with E-state index in [4.69, 9.17) is 9.72 Å². The van der Waals surface area contributed by atoms with Crippen molar-refractivity contribution in [3.63, 3.8) is 0 Å². The van der Waals surface area contributed by atoms with Crippen LogP contribution < -0.4 is 0 Å². The lowest BCUT2D eigenvalue weighted by atomic mass is 10.0. The van der Waals surface area contributed by atoms with E-state index in [2.05, 4.69) is 27.2 Å². The minimum atomic E-state index is 0.724. The molecule has 27 heavy (non-hydrogen) atoms. The zero-order chi connectivity index (χ0) is 18.3. The smallest absolute Gasteiger partial charge is 0.209 e. The number of hydrogen-bond acceptors (Lipinski definition) is 6. The number of aromatic nitrogens is 3. The molecule has 0 unspecified atom stereocenters. The van der Waals surface area contributed by atoms with E-state index in [1.165, 1.54) is 0 Å². The molecule has 1 aliphatic rings. The average Bonchev–Trinajstić information content (AvgIpc) is 2.76. The number of ether oxygens (including phenoxy) is 1. The first-order valence-corrected chi connectivity index (χ1v) is 10.2. The van der Waals surface area contributed by atoms with Gasteiger partial charge in [-0.1, -0.05) is 72.4 Å². The van der Waals surface area contributed by atoms with Crippen molar-refractivity contribution in [3.05, 3.63) is 60.7 Å². The van der Waals surface area contributed by atoms with Crippen LogP contribution in [0.2, 0.25) is 0 Å². The van der Waals surface area contributed by atoms with Crippen LogP contribution in [0.5, 0.6) is 0 Å². The van der Waals surface area contributed by atoms with Crippen LogP contribution in [0.15, 0.2) is 65.8 Å². The van der Waals surface area contributed by atoms with Crippen LogP contribution in [0.3, 0.4) is 0 Å². The predicted molar refractivity (Wildman–Crippen MR) is 109 cm³/mol. The third-order valence-corrected chi connectivity index (χ3v) is 5.32. The second-order valence-corrected chi connectivity index (χ2v) is 7.39. The molecule has 0 bridgehead atoms. The monoisotopic (exact) mass is 378 g/mol. The molecule has 1 aromatic heterocycles. The van der Waals surface area contributed by atoms with E-state index in [0.717, 1.165) is 66.3 Å². The van der Waals surface area contributed by atoms with Gasteiger partial charge in [0.05, 0.1) is 13.2 Å². The van der Waals surface area contributed by atoms with Gasteiger partial charge in [0.15, 0.2) is 0 Å². The van der Waals surface area contributed by atoms with Crippen molar-refractivity contribution in [2.24, 2.45) is 0 Å². The number of thioether (sulfide) groups is 1. The van der Waals surface area contributed by atoms with Gasteiger partial charge in [-0.25, -0.2) is 4.98 Å². The fraction of sp³-hybridized carbons (Fsp3) is 0.286. The molecule has 2 aromatic carbocycles. The normalized spacial score (nSPS) is 15.0. The lowest BCUT2D eigenvalue weighted by Gasteiger charge is -2.26. The molecule has 3 aromatic rings. The molecule has 138 valence electrons. The molecule has 2 heterocycles. The number of benzene rings is 2. The van der Waals surface area contributed by atoms with Crippen LogP contribution in [-0.4, -0.2) is 58.7 Å². The van der Waals surface area contributed by atoms with E-state index in [1.54, 1.807) is 11.8 Å². The van der Waals surface area contributed by atoms with Crippen LogP contribution in [-0.2, 0) is 4.74 Å². The highest BCUT2D eigenvalue weighted by molar-refractivity contribution is 7.99. The first-order valence-electron chi connectivity index (χ1n) is 9.18. The Hall–Kier alpha value is -2.28. The van der Waals surface area contributed by atoms with Crippen molar-refractivity contribution in [1.29, 1.82) is 0 Å². The Bertz CT molecular complexity index is 855. The van der Waals surface area contributed by atoms with Crippen LogP contribution in [0.25, 0.3) is 22.5 Å². The molecule has 1 saturated heterocycles. The van der Waals surface area contributed by atoms with Gasteiger partial charge in [-0.2, -0.15) is 0 Å². The molecule has 1 aliphatic heterocycles. The fourth-order valence-electron chi connectivity index (χ4n) is 3.05. The fourth-order valence-corrected chi connectivity index (χ4v) is 3.84. The van der Waals surface area contributed by atoms with E-state index in [0.29, 0.717) is 0 Å². The number of nitrogens with zero attached hydrogens (tertiary/aromatic N) is 4. The van der Waals surface area contributed by atoms with Gasteiger partial charge < -0.3 is 4.74 Å². The Labute approximate surface area is 163 Å². The van der Waals surface area contributed by atoms with Gasteiger partial charge in [-0.3, -0.25) is 4.90 Å². The summed E-state index contributed by atoms with van der Waals surface area (Å²) in [5, 5.41) is 9.63. The molecular weight excluding hydrogens is 356 g/mol. The summed E-state index contributed by atoms with van der Waals surface area (Å²) < 4.78 is 5.40. The molecule has 5 nitrogen and oxygen atoms in total. The Morgan fingerprint density at radius 1 is 0.815 bits per heavy atom. The second kappa shape index (κ2) is 9.08. The topological polar surface area (TPSA) is 51.1 Å². The Kier molecular flexibility index (Phi) is 6.09. The third kappa shape index (κ3) is 4.71. The van der Waals surface area contributed by atoms with Crippen LogP contribution >= 0.6 is 11.8 Å². The molecule has 4 rings (SSSR count). The maximum atomic E-state index is 5.40. The second-order valence-electron chi connectivity index (χ2n) is 6.33. The number of morpholine rings is 1. The molecule has 1 fully saturated rings. The van der Waals surface area contributed by atoms with Crippen molar-refractivity contribution in [1.82, 2.24) is 20.1 Å². The highest BCUT2D eigenvalue weighted by Crippen LogP contribution is 2.29. The van der Waals surface area contributed by atoms with Crippen LogP contribution in [0.4, 0.5) is 0 Å². The zero-order valence-corrected chi connectivity index (χ0v) is 15.9. The molecule has 0 spiro atoms. The van der Waals surface area contributed by atoms with Crippen LogP contribution in [0, 0.1) is 0 Å². The highest BCUT2D eigenvalue weighted by atomic mass is 32.2. The average molecular weight is 379 g/mol. The Balaban J connectivity index is 1.55. The van der Waals surface area contributed by atoms with Crippen molar-refractivity contribution >= 4 is 11.8 Å². The van der Waals surface area contributed by atoms with E-state index >= 15 is 0 Å². The quantitative estimate of drug-likeness (QED) is 0.611. The summed E-state index contributed by atoms with van der Waals surface area (Å²) in [5.41, 5.74) is 3.78. The first-order chi connectivity index (χ1) is 13.4. The highest BCUT2D eigenvalue weighted by Gasteiger charge is 2.14. The minimum Gasteiger partial charge on any atom is -0.379 e. The standard InChI is InChI=1S/C21H22N4OS/c1-3-7-17(8-4-1)19-20(18-9-5-2-6-10-18)23-24-21(22-19)27-16-13-25-11-14-26-15-12-25/h1-10H,11-16H2. The van der Waals surface area contributed by atoms with Gasteiger partial charge in [0.1, 0.15) is 11.4 Å². The molecule has 0 N–H and O–H groups in total. The van der Waals surface area contributed by atoms with Crippen molar-refractivity contribution in [2.75, 3.05) is 38.6 Å². The largest absolute Gasteiger partial charge is 0.379 e. The van der Waals surface area contributed by atoms with E-state index in [1.807, 2.05) is 48.5 Å². The molecular formula is C21H22N4OS. The van der Waals surface area contributed by atoms with Crippen molar-refractivity contribution in [3.8, 4) is 22.5 Å². The summed E-state index contributed by atoms with van der Waals surface area (Å²) in [5.74, 6) is 0.945. The summed E-state index contributed by atoms with van der Waals surface area (Å²) >= 11 is 1.66. The maximum Gasteiger partial charge on any atom is 0.209 e. The molecule has 0 amide bonds. The van der Waals surface area contributed by atoms with E-state index in [-0.39, 0.29) is 0 Å². The number of rotatable bonds is 6. The van der Waals surface area contributed by atoms with Gasteiger partial charge in [0.2, 0.25) is 5.16 Å². The number of hydrogen-bond donors (Lipinski definition) is 0. The molecule has 0 saturated carbocycles. The SMILES string of the molecule is c1ccc(-c2nnc(SCCN3CCOCC3)nc2-c2ccccc2)cc1.